The Bertz CT molecular complexity index is 768. The molecular formula is C17H24N6O3. The van der Waals surface area contributed by atoms with Crippen molar-refractivity contribution < 1.29 is 14.3 Å². The van der Waals surface area contributed by atoms with E-state index < -0.39 is 6.10 Å². The highest BCUT2D eigenvalue weighted by atomic mass is 16.5. The number of nitrogens with zero attached hydrogens (tertiary/aromatic N) is 5. The summed E-state index contributed by atoms with van der Waals surface area (Å²) in [5, 5.41) is 11.1. The number of morpholine rings is 1. The molecule has 1 atom stereocenters. The van der Waals surface area contributed by atoms with Gasteiger partial charge in [-0.1, -0.05) is 0 Å². The molecule has 0 bridgehead atoms. The van der Waals surface area contributed by atoms with E-state index in [2.05, 4.69) is 15.5 Å². The predicted octanol–water partition coefficient (Wildman–Crippen LogP) is 0.664. The van der Waals surface area contributed by atoms with Gasteiger partial charge in [-0.25, -0.2) is 0 Å². The normalized spacial score (nSPS) is 17.3. The van der Waals surface area contributed by atoms with Crippen LogP contribution in [0.25, 0.3) is 0 Å². The highest BCUT2D eigenvalue weighted by Crippen LogP contribution is 2.12. The molecule has 0 radical (unpaired) electrons. The fourth-order valence-electron chi connectivity index (χ4n) is 2.85. The highest BCUT2D eigenvalue weighted by molar-refractivity contribution is 5.94. The van der Waals surface area contributed by atoms with Gasteiger partial charge in [0.1, 0.15) is 0 Å². The predicted molar refractivity (Wildman–Crippen MR) is 94.4 cm³/mol. The number of hydrogen-bond acceptors (Lipinski definition) is 5. The van der Waals surface area contributed by atoms with Crippen LogP contribution in [0.4, 0.5) is 5.69 Å². The van der Waals surface area contributed by atoms with Gasteiger partial charge >= 0.3 is 0 Å². The van der Waals surface area contributed by atoms with Crippen LogP contribution < -0.4 is 5.32 Å². The van der Waals surface area contributed by atoms with Crippen LogP contribution in [0.3, 0.4) is 0 Å². The van der Waals surface area contributed by atoms with Crippen LogP contribution in [0.1, 0.15) is 19.0 Å². The average molecular weight is 360 g/mol. The van der Waals surface area contributed by atoms with E-state index in [9.17, 15) is 9.59 Å². The SMILES string of the molecule is CCn1cc(NC(=O)C2CN(C(=O)CCn3nccc3C)CCO2)cn1. The van der Waals surface area contributed by atoms with Crippen molar-refractivity contribution in [2.24, 2.45) is 0 Å². The van der Waals surface area contributed by atoms with Crippen molar-refractivity contribution in [1.82, 2.24) is 24.5 Å². The summed E-state index contributed by atoms with van der Waals surface area (Å²) in [7, 11) is 0. The van der Waals surface area contributed by atoms with Crippen molar-refractivity contribution in [3.05, 3.63) is 30.4 Å². The number of rotatable bonds is 6. The molecule has 0 aliphatic carbocycles. The Hall–Kier alpha value is -2.68. The summed E-state index contributed by atoms with van der Waals surface area (Å²) < 4.78 is 9.07. The number of anilines is 1. The summed E-state index contributed by atoms with van der Waals surface area (Å²) in [4.78, 5) is 26.5. The van der Waals surface area contributed by atoms with E-state index in [4.69, 9.17) is 4.74 Å². The van der Waals surface area contributed by atoms with Crippen LogP contribution in [-0.2, 0) is 27.4 Å². The lowest BCUT2D eigenvalue weighted by Crippen LogP contribution is -2.50. The van der Waals surface area contributed by atoms with Gasteiger partial charge in [0, 0.05) is 44.1 Å². The van der Waals surface area contributed by atoms with E-state index in [0.29, 0.717) is 31.8 Å². The minimum Gasteiger partial charge on any atom is -0.365 e. The molecule has 3 heterocycles. The number of nitrogens with one attached hydrogen (secondary N) is 1. The first-order chi connectivity index (χ1) is 12.6. The van der Waals surface area contributed by atoms with Crippen LogP contribution in [-0.4, -0.2) is 62.1 Å². The summed E-state index contributed by atoms with van der Waals surface area (Å²) in [5.41, 5.74) is 1.64. The minimum atomic E-state index is -0.677. The summed E-state index contributed by atoms with van der Waals surface area (Å²) in [6.07, 6.45) is 4.75. The zero-order valence-electron chi connectivity index (χ0n) is 15.1. The molecule has 9 nitrogen and oxygen atoms in total. The lowest BCUT2D eigenvalue weighted by molar-refractivity contribution is -0.144. The molecule has 2 amide bonds. The molecule has 1 unspecified atom stereocenters. The molecule has 1 N–H and O–H groups in total. The number of aryl methyl sites for hydroxylation is 3. The molecular weight excluding hydrogens is 336 g/mol. The van der Waals surface area contributed by atoms with Crippen molar-refractivity contribution in [3.63, 3.8) is 0 Å². The number of carbonyl (C=O) groups is 2. The Morgan fingerprint density at radius 3 is 2.92 bits per heavy atom. The van der Waals surface area contributed by atoms with E-state index in [1.807, 2.05) is 19.9 Å². The maximum absolute atomic E-state index is 12.5. The second-order valence-corrected chi connectivity index (χ2v) is 6.22. The second-order valence-electron chi connectivity index (χ2n) is 6.22. The molecule has 1 aliphatic rings. The third kappa shape index (κ3) is 4.29. The first kappa shape index (κ1) is 18.1. The molecule has 3 rings (SSSR count). The van der Waals surface area contributed by atoms with Crippen LogP contribution in [0.2, 0.25) is 0 Å². The summed E-state index contributed by atoms with van der Waals surface area (Å²) >= 11 is 0. The molecule has 1 aliphatic heterocycles. The maximum Gasteiger partial charge on any atom is 0.255 e. The van der Waals surface area contributed by atoms with Gasteiger partial charge in [-0.2, -0.15) is 10.2 Å². The molecule has 2 aromatic heterocycles. The monoisotopic (exact) mass is 360 g/mol. The second kappa shape index (κ2) is 8.13. The van der Waals surface area contributed by atoms with Crippen LogP contribution in [0.5, 0.6) is 0 Å². The molecule has 0 spiro atoms. The topological polar surface area (TPSA) is 94.3 Å². The first-order valence-corrected chi connectivity index (χ1v) is 8.78. The summed E-state index contributed by atoms with van der Waals surface area (Å²) in [5.74, 6) is -0.263. The number of carbonyl (C=O) groups excluding carboxylic acids is 2. The van der Waals surface area contributed by atoms with E-state index in [0.717, 1.165) is 12.2 Å². The van der Waals surface area contributed by atoms with Gasteiger partial charge < -0.3 is 15.0 Å². The van der Waals surface area contributed by atoms with Crippen molar-refractivity contribution in [2.75, 3.05) is 25.0 Å². The van der Waals surface area contributed by atoms with Crippen LogP contribution >= 0.6 is 0 Å². The van der Waals surface area contributed by atoms with Crippen LogP contribution in [0.15, 0.2) is 24.7 Å². The number of aromatic nitrogens is 4. The van der Waals surface area contributed by atoms with E-state index in [1.165, 1.54) is 0 Å². The molecule has 26 heavy (non-hydrogen) atoms. The average Bonchev–Trinajstić information content (AvgIpc) is 3.28. The first-order valence-electron chi connectivity index (χ1n) is 8.78. The molecule has 2 aromatic rings. The zero-order valence-corrected chi connectivity index (χ0v) is 15.1. The van der Waals surface area contributed by atoms with Gasteiger partial charge in [0.15, 0.2) is 6.10 Å². The maximum atomic E-state index is 12.5. The van der Waals surface area contributed by atoms with E-state index in [-0.39, 0.29) is 18.4 Å². The lowest BCUT2D eigenvalue weighted by atomic mass is 10.2. The standard InChI is InChI=1S/C17H24N6O3/c1-3-22-11-14(10-19-22)20-17(25)15-12-21(8-9-26-15)16(24)5-7-23-13(2)4-6-18-23/h4,6,10-11,15H,3,5,7-9,12H2,1-2H3,(H,20,25). The van der Waals surface area contributed by atoms with Gasteiger partial charge in [-0.05, 0) is 19.9 Å². The number of ether oxygens (including phenoxy) is 1. The van der Waals surface area contributed by atoms with Gasteiger partial charge in [-0.3, -0.25) is 19.0 Å². The molecule has 1 fully saturated rings. The van der Waals surface area contributed by atoms with Gasteiger partial charge in [0.25, 0.3) is 5.91 Å². The van der Waals surface area contributed by atoms with Gasteiger partial charge in [0.2, 0.25) is 5.91 Å². The largest absolute Gasteiger partial charge is 0.365 e. The van der Waals surface area contributed by atoms with Crippen molar-refractivity contribution in [1.29, 1.82) is 0 Å². The lowest BCUT2D eigenvalue weighted by Gasteiger charge is -2.32. The fraction of sp³-hybridized carbons (Fsp3) is 0.529. The Morgan fingerprint density at radius 1 is 1.38 bits per heavy atom. The van der Waals surface area contributed by atoms with Crippen molar-refractivity contribution in [3.8, 4) is 0 Å². The smallest absolute Gasteiger partial charge is 0.255 e. The van der Waals surface area contributed by atoms with E-state index in [1.54, 1.807) is 32.9 Å². The minimum absolute atomic E-state index is 0.000183. The summed E-state index contributed by atoms with van der Waals surface area (Å²) in [6, 6.07) is 1.90. The fourth-order valence-corrected chi connectivity index (χ4v) is 2.85. The highest BCUT2D eigenvalue weighted by Gasteiger charge is 2.29. The number of hydrogen-bond donors (Lipinski definition) is 1. The molecule has 0 aromatic carbocycles. The Balaban J connectivity index is 1.52. The zero-order chi connectivity index (χ0) is 18.5. The Labute approximate surface area is 151 Å². The van der Waals surface area contributed by atoms with E-state index >= 15 is 0 Å². The third-order valence-electron chi connectivity index (χ3n) is 4.40. The van der Waals surface area contributed by atoms with Crippen molar-refractivity contribution >= 4 is 17.5 Å². The molecule has 0 saturated carbocycles. The van der Waals surface area contributed by atoms with Gasteiger partial charge in [-0.15, -0.1) is 0 Å². The Morgan fingerprint density at radius 2 is 2.23 bits per heavy atom. The van der Waals surface area contributed by atoms with Crippen molar-refractivity contribution in [2.45, 2.75) is 39.5 Å². The summed E-state index contributed by atoms with van der Waals surface area (Å²) in [6.45, 7) is 6.28. The third-order valence-corrected chi connectivity index (χ3v) is 4.40. The number of amides is 2. The molecule has 9 heteroatoms. The Kier molecular flexibility index (Phi) is 5.67. The van der Waals surface area contributed by atoms with Gasteiger partial charge in [0.05, 0.1) is 25.0 Å². The van der Waals surface area contributed by atoms with Crippen LogP contribution in [0, 0.1) is 6.92 Å². The molecule has 140 valence electrons. The molecule has 1 saturated heterocycles. The quantitative estimate of drug-likeness (QED) is 0.817.